The van der Waals surface area contributed by atoms with Gasteiger partial charge in [0, 0.05) is 35.0 Å². The second-order valence-electron chi connectivity index (χ2n) is 5.93. The average Bonchev–Trinajstić information content (AvgIpc) is 3.11. The van der Waals surface area contributed by atoms with Crippen LogP contribution in [0.1, 0.15) is 17.9 Å². The van der Waals surface area contributed by atoms with Crippen molar-refractivity contribution in [3.8, 4) is 11.3 Å². The van der Waals surface area contributed by atoms with Gasteiger partial charge in [-0.25, -0.2) is 4.98 Å². The first-order valence-electron chi connectivity index (χ1n) is 8.43. The van der Waals surface area contributed by atoms with Gasteiger partial charge in [0.1, 0.15) is 0 Å². The van der Waals surface area contributed by atoms with Crippen LogP contribution in [0, 0.1) is 0 Å². The van der Waals surface area contributed by atoms with Gasteiger partial charge in [-0.15, -0.1) is 0 Å². The Morgan fingerprint density at radius 3 is 2.63 bits per heavy atom. The first-order valence-corrected chi connectivity index (χ1v) is 9.56. The largest absolute Gasteiger partial charge is 0.441 e. The van der Waals surface area contributed by atoms with Gasteiger partial charge in [-0.3, -0.25) is 4.79 Å². The topological polar surface area (TPSA) is 55.1 Å². The molecule has 0 unspecified atom stereocenters. The van der Waals surface area contributed by atoms with Crippen molar-refractivity contribution < 1.29 is 9.21 Å². The van der Waals surface area contributed by atoms with Crippen molar-refractivity contribution in [2.75, 3.05) is 6.54 Å². The molecule has 0 bridgehead atoms. The third kappa shape index (κ3) is 5.48. The number of carbonyl (C=O) groups excluding carboxylic acids is 1. The Morgan fingerprint density at radius 2 is 1.85 bits per heavy atom. The highest BCUT2D eigenvalue weighted by molar-refractivity contribution is 6.35. The Balaban J connectivity index is 1.46. The molecule has 3 aromatic rings. The SMILES string of the molecule is O=C(CCc1ncc(-c2ccccc2Cl)o1)NCCc1ccc(Cl)cc1Cl. The zero-order valence-corrected chi connectivity index (χ0v) is 16.6. The number of rotatable bonds is 7. The van der Waals surface area contributed by atoms with Gasteiger partial charge < -0.3 is 9.73 Å². The summed E-state index contributed by atoms with van der Waals surface area (Å²) in [5, 5.41) is 4.66. The van der Waals surface area contributed by atoms with Gasteiger partial charge in [0.15, 0.2) is 11.7 Å². The van der Waals surface area contributed by atoms with E-state index in [2.05, 4.69) is 10.3 Å². The molecule has 0 spiro atoms. The van der Waals surface area contributed by atoms with Crippen LogP contribution < -0.4 is 5.32 Å². The second-order valence-corrected chi connectivity index (χ2v) is 7.18. The highest BCUT2D eigenvalue weighted by Crippen LogP contribution is 2.28. The molecule has 1 amide bonds. The van der Waals surface area contributed by atoms with Crippen molar-refractivity contribution in [1.82, 2.24) is 10.3 Å². The van der Waals surface area contributed by atoms with Gasteiger partial charge in [-0.05, 0) is 36.2 Å². The fourth-order valence-electron chi connectivity index (χ4n) is 2.58. The molecule has 1 N–H and O–H groups in total. The van der Waals surface area contributed by atoms with E-state index in [0.717, 1.165) is 11.1 Å². The van der Waals surface area contributed by atoms with E-state index in [1.165, 1.54) is 0 Å². The van der Waals surface area contributed by atoms with E-state index in [4.69, 9.17) is 39.2 Å². The molecule has 140 valence electrons. The Morgan fingerprint density at radius 1 is 1.04 bits per heavy atom. The van der Waals surface area contributed by atoms with Crippen LogP contribution in [-0.4, -0.2) is 17.4 Å². The summed E-state index contributed by atoms with van der Waals surface area (Å²) < 4.78 is 5.70. The van der Waals surface area contributed by atoms with E-state index in [9.17, 15) is 4.79 Å². The maximum atomic E-state index is 12.0. The van der Waals surface area contributed by atoms with Crippen LogP contribution in [-0.2, 0) is 17.6 Å². The van der Waals surface area contributed by atoms with Gasteiger partial charge in [0.2, 0.25) is 5.91 Å². The number of amides is 1. The van der Waals surface area contributed by atoms with Crippen molar-refractivity contribution >= 4 is 40.7 Å². The number of hydrogen-bond donors (Lipinski definition) is 1. The Kier molecular flexibility index (Phi) is 6.78. The molecule has 2 aromatic carbocycles. The monoisotopic (exact) mass is 422 g/mol. The van der Waals surface area contributed by atoms with Gasteiger partial charge in [0.05, 0.1) is 11.2 Å². The van der Waals surface area contributed by atoms with Gasteiger partial charge in [0.25, 0.3) is 0 Å². The summed E-state index contributed by atoms with van der Waals surface area (Å²) in [6.45, 7) is 0.497. The van der Waals surface area contributed by atoms with Crippen LogP contribution in [0.3, 0.4) is 0 Å². The highest BCUT2D eigenvalue weighted by atomic mass is 35.5. The van der Waals surface area contributed by atoms with Gasteiger partial charge in [-0.2, -0.15) is 0 Å². The summed E-state index contributed by atoms with van der Waals surface area (Å²) in [6.07, 6.45) is 2.96. The van der Waals surface area contributed by atoms with Crippen molar-refractivity contribution in [3.63, 3.8) is 0 Å². The van der Waals surface area contributed by atoms with Crippen LogP contribution >= 0.6 is 34.8 Å². The zero-order chi connectivity index (χ0) is 19.2. The first-order chi connectivity index (χ1) is 13.0. The molecule has 0 saturated carbocycles. The van der Waals surface area contributed by atoms with Crippen LogP contribution in [0.25, 0.3) is 11.3 Å². The van der Waals surface area contributed by atoms with E-state index >= 15 is 0 Å². The van der Waals surface area contributed by atoms with Gasteiger partial charge >= 0.3 is 0 Å². The number of hydrogen-bond acceptors (Lipinski definition) is 3. The van der Waals surface area contributed by atoms with Crippen LogP contribution in [0.2, 0.25) is 15.1 Å². The Bertz CT molecular complexity index is 940. The summed E-state index contributed by atoms with van der Waals surface area (Å²) >= 11 is 18.2. The van der Waals surface area contributed by atoms with Crippen LogP contribution in [0.4, 0.5) is 0 Å². The third-order valence-corrected chi connectivity index (χ3v) is 4.91. The lowest BCUT2D eigenvalue weighted by Crippen LogP contribution is -2.25. The fourth-order valence-corrected chi connectivity index (χ4v) is 3.31. The summed E-state index contributed by atoms with van der Waals surface area (Å²) in [4.78, 5) is 16.2. The van der Waals surface area contributed by atoms with E-state index < -0.39 is 0 Å². The molecule has 1 aromatic heterocycles. The van der Waals surface area contributed by atoms with Crippen molar-refractivity contribution in [2.45, 2.75) is 19.3 Å². The normalized spacial score (nSPS) is 10.8. The van der Waals surface area contributed by atoms with Crippen molar-refractivity contribution in [3.05, 3.63) is 75.2 Å². The second kappa shape index (κ2) is 9.27. The molecule has 4 nitrogen and oxygen atoms in total. The number of halogens is 3. The minimum Gasteiger partial charge on any atom is -0.441 e. The standard InChI is InChI=1S/C20H17Cl3N2O2/c21-14-6-5-13(17(23)11-14)9-10-24-19(26)7-8-20-25-12-18(27-20)15-3-1-2-4-16(15)22/h1-6,11-12H,7-10H2,(H,24,26). The average molecular weight is 424 g/mol. The molecule has 27 heavy (non-hydrogen) atoms. The lowest BCUT2D eigenvalue weighted by atomic mass is 10.1. The quantitative estimate of drug-likeness (QED) is 0.538. The predicted octanol–water partition coefficient (Wildman–Crippen LogP) is 5.59. The van der Waals surface area contributed by atoms with E-state index in [1.54, 1.807) is 24.4 Å². The number of aromatic nitrogens is 1. The third-order valence-electron chi connectivity index (χ3n) is 3.99. The number of benzene rings is 2. The van der Waals surface area contributed by atoms with Crippen LogP contribution in [0.5, 0.6) is 0 Å². The molecule has 0 atom stereocenters. The minimum atomic E-state index is -0.0717. The molecule has 1 heterocycles. The fraction of sp³-hybridized carbons (Fsp3) is 0.200. The molecule has 0 saturated heterocycles. The molecule has 0 radical (unpaired) electrons. The lowest BCUT2D eigenvalue weighted by molar-refractivity contribution is -0.121. The number of oxazole rings is 1. The molecule has 7 heteroatoms. The van der Waals surface area contributed by atoms with Gasteiger partial charge in [-0.1, -0.05) is 53.0 Å². The molecular weight excluding hydrogens is 407 g/mol. The molecular formula is C20H17Cl3N2O2. The Hall–Kier alpha value is -2.01. The summed E-state index contributed by atoms with van der Waals surface area (Å²) in [6, 6.07) is 12.7. The lowest BCUT2D eigenvalue weighted by Gasteiger charge is -2.06. The van der Waals surface area contributed by atoms with E-state index in [0.29, 0.717) is 46.1 Å². The maximum absolute atomic E-state index is 12.0. The smallest absolute Gasteiger partial charge is 0.220 e. The first kappa shape index (κ1) is 19.7. The zero-order valence-electron chi connectivity index (χ0n) is 14.3. The number of nitrogens with zero attached hydrogens (tertiary/aromatic N) is 1. The molecule has 0 aliphatic heterocycles. The number of nitrogens with one attached hydrogen (secondary N) is 1. The van der Waals surface area contributed by atoms with Crippen LogP contribution in [0.15, 0.2) is 53.1 Å². The molecule has 0 aliphatic carbocycles. The molecule has 0 fully saturated rings. The number of carbonyl (C=O) groups is 1. The Labute approximate surface area is 172 Å². The van der Waals surface area contributed by atoms with E-state index in [-0.39, 0.29) is 12.3 Å². The van der Waals surface area contributed by atoms with Crippen molar-refractivity contribution in [2.24, 2.45) is 0 Å². The highest BCUT2D eigenvalue weighted by Gasteiger charge is 2.11. The number of aryl methyl sites for hydroxylation is 1. The summed E-state index contributed by atoms with van der Waals surface area (Å²) in [5.74, 6) is 1.02. The minimum absolute atomic E-state index is 0.0717. The predicted molar refractivity (Wildman–Crippen MR) is 108 cm³/mol. The molecule has 3 rings (SSSR count). The molecule has 0 aliphatic rings. The summed E-state index contributed by atoms with van der Waals surface area (Å²) in [7, 11) is 0. The van der Waals surface area contributed by atoms with Crippen molar-refractivity contribution in [1.29, 1.82) is 0 Å². The summed E-state index contributed by atoms with van der Waals surface area (Å²) in [5.41, 5.74) is 1.72. The maximum Gasteiger partial charge on any atom is 0.220 e. The van der Waals surface area contributed by atoms with E-state index in [1.807, 2.05) is 24.3 Å².